The van der Waals surface area contributed by atoms with E-state index in [1.807, 2.05) is 0 Å². The summed E-state index contributed by atoms with van der Waals surface area (Å²) in [6, 6.07) is 5.34. The molecule has 0 saturated heterocycles. The molecule has 6 heteroatoms. The van der Waals surface area contributed by atoms with Gasteiger partial charge in [0.1, 0.15) is 5.75 Å². The number of carbonyl (C=O) groups excluding carboxylic acids is 2. The van der Waals surface area contributed by atoms with Gasteiger partial charge in [0.05, 0.1) is 18.4 Å². The molecule has 0 aliphatic carbocycles. The van der Waals surface area contributed by atoms with Crippen molar-refractivity contribution in [3.05, 3.63) is 29.8 Å². The Bertz CT molecular complexity index is 538. The highest BCUT2D eigenvalue weighted by atomic mass is 16.5. The summed E-state index contributed by atoms with van der Waals surface area (Å²) in [6.45, 7) is -0.134. The lowest BCUT2D eigenvalue weighted by atomic mass is 10.2. The second kappa shape index (κ2) is 7.59. The van der Waals surface area contributed by atoms with E-state index in [1.165, 1.54) is 24.3 Å². The Morgan fingerprint density at radius 1 is 1.10 bits per heavy atom. The molecule has 20 heavy (non-hydrogen) atoms. The van der Waals surface area contributed by atoms with Crippen molar-refractivity contribution in [1.29, 1.82) is 0 Å². The standard InChI is InChI=1S/C14H12O6/c1-2-9-19-12(15)7-8-13(16)20-11-5-3-10(4-6-11)14(17)18/h1,3-6H,7-9H2,(H,17,18). The molecule has 0 aliphatic heterocycles. The quantitative estimate of drug-likeness (QED) is 0.477. The van der Waals surface area contributed by atoms with Crippen molar-refractivity contribution in [3.63, 3.8) is 0 Å². The average molecular weight is 276 g/mol. The van der Waals surface area contributed by atoms with Gasteiger partial charge in [-0.15, -0.1) is 6.42 Å². The Kier molecular flexibility index (Phi) is 5.78. The first kappa shape index (κ1) is 15.2. The van der Waals surface area contributed by atoms with Crippen LogP contribution in [0.15, 0.2) is 24.3 Å². The highest BCUT2D eigenvalue weighted by Gasteiger charge is 2.10. The highest BCUT2D eigenvalue weighted by molar-refractivity contribution is 5.87. The molecule has 0 heterocycles. The molecule has 0 saturated carbocycles. The maximum Gasteiger partial charge on any atom is 0.335 e. The molecule has 0 aliphatic rings. The lowest BCUT2D eigenvalue weighted by Crippen LogP contribution is -2.12. The first-order chi connectivity index (χ1) is 9.52. The smallest absolute Gasteiger partial charge is 0.335 e. The van der Waals surface area contributed by atoms with Crippen LogP contribution in [-0.2, 0) is 14.3 Å². The number of hydrogen-bond donors (Lipinski definition) is 1. The van der Waals surface area contributed by atoms with Gasteiger partial charge in [-0.3, -0.25) is 9.59 Å². The van der Waals surface area contributed by atoms with Gasteiger partial charge >= 0.3 is 17.9 Å². The number of benzene rings is 1. The Balaban J connectivity index is 2.41. The number of aromatic carboxylic acids is 1. The second-order valence-corrected chi connectivity index (χ2v) is 3.67. The maximum absolute atomic E-state index is 11.4. The summed E-state index contributed by atoms with van der Waals surface area (Å²) in [4.78, 5) is 33.1. The van der Waals surface area contributed by atoms with Crippen LogP contribution in [0.4, 0.5) is 0 Å². The van der Waals surface area contributed by atoms with Crippen LogP contribution in [-0.4, -0.2) is 29.6 Å². The molecule has 0 unspecified atom stereocenters. The third-order valence-corrected chi connectivity index (χ3v) is 2.18. The Hall–Kier alpha value is -2.81. The monoisotopic (exact) mass is 276 g/mol. The van der Waals surface area contributed by atoms with Crippen LogP contribution in [0.2, 0.25) is 0 Å². The van der Waals surface area contributed by atoms with E-state index < -0.39 is 17.9 Å². The average Bonchev–Trinajstić information content (AvgIpc) is 2.43. The molecule has 104 valence electrons. The Morgan fingerprint density at radius 3 is 2.25 bits per heavy atom. The normalized spacial score (nSPS) is 9.35. The molecule has 0 aromatic heterocycles. The number of carboxylic acids is 1. The molecule has 6 nitrogen and oxygen atoms in total. The minimum absolute atomic E-state index is 0.0858. The van der Waals surface area contributed by atoms with Crippen LogP contribution in [0.5, 0.6) is 5.75 Å². The van der Waals surface area contributed by atoms with Gasteiger partial charge in [0.15, 0.2) is 6.61 Å². The molecule has 1 aromatic carbocycles. The summed E-state index contributed by atoms with van der Waals surface area (Å²) in [5, 5.41) is 8.70. The summed E-state index contributed by atoms with van der Waals surface area (Å²) >= 11 is 0. The third kappa shape index (κ3) is 5.23. The number of hydrogen-bond acceptors (Lipinski definition) is 5. The second-order valence-electron chi connectivity index (χ2n) is 3.67. The van der Waals surface area contributed by atoms with Crippen molar-refractivity contribution in [2.24, 2.45) is 0 Å². The maximum atomic E-state index is 11.4. The van der Waals surface area contributed by atoms with Gasteiger partial charge < -0.3 is 14.6 Å². The fourth-order valence-electron chi connectivity index (χ4n) is 1.25. The number of carboxylic acid groups (broad SMARTS) is 1. The molecule has 0 amide bonds. The lowest BCUT2D eigenvalue weighted by Gasteiger charge is -2.04. The number of terminal acetylenes is 1. The van der Waals surface area contributed by atoms with Crippen molar-refractivity contribution in [2.75, 3.05) is 6.61 Å². The highest BCUT2D eigenvalue weighted by Crippen LogP contribution is 2.13. The van der Waals surface area contributed by atoms with Gasteiger partial charge in [0.2, 0.25) is 0 Å². The first-order valence-corrected chi connectivity index (χ1v) is 5.66. The van der Waals surface area contributed by atoms with Crippen LogP contribution in [0.1, 0.15) is 23.2 Å². The van der Waals surface area contributed by atoms with Gasteiger partial charge in [-0.25, -0.2) is 4.79 Å². The largest absolute Gasteiger partial charge is 0.478 e. The van der Waals surface area contributed by atoms with Crippen LogP contribution in [0.25, 0.3) is 0 Å². The molecule has 1 aromatic rings. The zero-order chi connectivity index (χ0) is 15.0. The summed E-state index contributed by atoms with van der Waals surface area (Å²) in [6.07, 6.45) is 4.63. The minimum atomic E-state index is -1.07. The van der Waals surface area contributed by atoms with Crippen LogP contribution in [0.3, 0.4) is 0 Å². The van der Waals surface area contributed by atoms with Gasteiger partial charge in [-0.05, 0) is 24.3 Å². The fraction of sp³-hybridized carbons (Fsp3) is 0.214. The molecule has 1 N–H and O–H groups in total. The van der Waals surface area contributed by atoms with Crippen LogP contribution in [0, 0.1) is 12.3 Å². The molecular weight excluding hydrogens is 264 g/mol. The fourth-order valence-corrected chi connectivity index (χ4v) is 1.25. The summed E-state index contributed by atoms with van der Waals surface area (Å²) in [5.41, 5.74) is 0.0858. The van der Waals surface area contributed by atoms with Crippen molar-refractivity contribution in [2.45, 2.75) is 12.8 Å². The number of ether oxygens (including phenoxy) is 2. The molecule has 0 bridgehead atoms. The van der Waals surface area contributed by atoms with Crippen molar-refractivity contribution >= 4 is 17.9 Å². The number of esters is 2. The topological polar surface area (TPSA) is 89.9 Å². The van der Waals surface area contributed by atoms with E-state index in [2.05, 4.69) is 10.7 Å². The summed E-state index contributed by atoms with van der Waals surface area (Å²) in [5.74, 6) is 0.0666. The van der Waals surface area contributed by atoms with E-state index in [9.17, 15) is 14.4 Å². The molecule has 0 spiro atoms. The SMILES string of the molecule is C#CCOC(=O)CCC(=O)Oc1ccc(C(=O)O)cc1. The van der Waals surface area contributed by atoms with E-state index in [-0.39, 0.29) is 30.8 Å². The molecular formula is C14H12O6. The lowest BCUT2D eigenvalue weighted by molar-refractivity contribution is -0.145. The van der Waals surface area contributed by atoms with Crippen molar-refractivity contribution < 1.29 is 29.0 Å². The molecule has 1 rings (SSSR count). The van der Waals surface area contributed by atoms with E-state index in [4.69, 9.17) is 16.3 Å². The summed E-state index contributed by atoms with van der Waals surface area (Å²) in [7, 11) is 0. The zero-order valence-electron chi connectivity index (χ0n) is 10.5. The van der Waals surface area contributed by atoms with Gasteiger partial charge in [-0.1, -0.05) is 5.92 Å². The molecule has 0 radical (unpaired) electrons. The first-order valence-electron chi connectivity index (χ1n) is 5.66. The van der Waals surface area contributed by atoms with E-state index >= 15 is 0 Å². The zero-order valence-corrected chi connectivity index (χ0v) is 10.5. The summed E-state index contributed by atoms with van der Waals surface area (Å²) < 4.78 is 9.51. The van der Waals surface area contributed by atoms with E-state index in [1.54, 1.807) is 0 Å². The molecule has 0 fully saturated rings. The van der Waals surface area contributed by atoms with Gasteiger partial charge in [0.25, 0.3) is 0 Å². The predicted octanol–water partition coefficient (Wildman–Crippen LogP) is 1.25. The van der Waals surface area contributed by atoms with Crippen molar-refractivity contribution in [1.82, 2.24) is 0 Å². The third-order valence-electron chi connectivity index (χ3n) is 2.18. The minimum Gasteiger partial charge on any atom is -0.478 e. The predicted molar refractivity (Wildman–Crippen MR) is 68.1 cm³/mol. The molecule has 0 atom stereocenters. The van der Waals surface area contributed by atoms with Gasteiger partial charge in [-0.2, -0.15) is 0 Å². The van der Waals surface area contributed by atoms with Gasteiger partial charge in [0, 0.05) is 0 Å². The number of rotatable bonds is 6. The van der Waals surface area contributed by atoms with Crippen LogP contribution >= 0.6 is 0 Å². The van der Waals surface area contributed by atoms with E-state index in [0.29, 0.717) is 0 Å². The van der Waals surface area contributed by atoms with E-state index in [0.717, 1.165) is 0 Å². The van der Waals surface area contributed by atoms with Crippen molar-refractivity contribution in [3.8, 4) is 18.1 Å². The Labute approximate surface area is 115 Å². The Morgan fingerprint density at radius 2 is 1.70 bits per heavy atom. The number of carbonyl (C=O) groups is 3. The van der Waals surface area contributed by atoms with Crippen LogP contribution < -0.4 is 4.74 Å².